The molecule has 100 valence electrons. The van der Waals surface area contributed by atoms with Crippen LogP contribution in [0.15, 0.2) is 18.3 Å². The first kappa shape index (κ1) is 13.1. The Morgan fingerprint density at radius 3 is 3.17 bits per heavy atom. The molecule has 0 amide bonds. The Balaban J connectivity index is 2.02. The highest BCUT2D eigenvalue weighted by Gasteiger charge is 2.19. The molecule has 0 aromatic carbocycles. The molecule has 1 aromatic rings. The second kappa shape index (κ2) is 6.59. The summed E-state index contributed by atoms with van der Waals surface area (Å²) in [6.45, 7) is 8.07. The molecule has 0 aliphatic carbocycles. The second-order valence-corrected chi connectivity index (χ2v) is 4.67. The SMILES string of the molecule is CCCNc1cc(N2CCOC(CC)C2)ccn1. The van der Waals surface area contributed by atoms with Gasteiger partial charge >= 0.3 is 0 Å². The number of morpholine rings is 1. The minimum atomic E-state index is 0.360. The van der Waals surface area contributed by atoms with Crippen molar-refractivity contribution >= 4 is 11.5 Å². The van der Waals surface area contributed by atoms with Gasteiger partial charge in [-0.25, -0.2) is 4.98 Å². The van der Waals surface area contributed by atoms with Crippen LogP contribution >= 0.6 is 0 Å². The van der Waals surface area contributed by atoms with Crippen molar-refractivity contribution in [2.75, 3.05) is 36.5 Å². The van der Waals surface area contributed by atoms with E-state index in [2.05, 4.69) is 41.2 Å². The Labute approximate surface area is 109 Å². The van der Waals surface area contributed by atoms with Crippen molar-refractivity contribution in [3.63, 3.8) is 0 Å². The zero-order chi connectivity index (χ0) is 12.8. The zero-order valence-electron chi connectivity index (χ0n) is 11.4. The average molecular weight is 249 g/mol. The summed E-state index contributed by atoms with van der Waals surface area (Å²) in [4.78, 5) is 6.73. The third kappa shape index (κ3) is 3.35. The van der Waals surface area contributed by atoms with Crippen molar-refractivity contribution in [1.29, 1.82) is 0 Å². The molecule has 1 atom stereocenters. The third-order valence-corrected chi connectivity index (χ3v) is 3.26. The van der Waals surface area contributed by atoms with Gasteiger partial charge in [-0.1, -0.05) is 13.8 Å². The third-order valence-electron chi connectivity index (χ3n) is 3.26. The van der Waals surface area contributed by atoms with Crippen LogP contribution in [-0.4, -0.2) is 37.3 Å². The number of hydrogen-bond acceptors (Lipinski definition) is 4. The Morgan fingerprint density at radius 1 is 1.50 bits per heavy atom. The van der Waals surface area contributed by atoms with Crippen molar-refractivity contribution in [3.05, 3.63) is 18.3 Å². The van der Waals surface area contributed by atoms with Crippen molar-refractivity contribution in [3.8, 4) is 0 Å². The maximum atomic E-state index is 5.70. The first-order valence-corrected chi connectivity index (χ1v) is 6.90. The van der Waals surface area contributed by atoms with Gasteiger partial charge in [-0.15, -0.1) is 0 Å². The van der Waals surface area contributed by atoms with Crippen LogP contribution in [-0.2, 0) is 4.74 Å². The van der Waals surface area contributed by atoms with Crippen LogP contribution in [0.25, 0.3) is 0 Å². The Morgan fingerprint density at radius 2 is 2.39 bits per heavy atom. The highest BCUT2D eigenvalue weighted by molar-refractivity contribution is 5.54. The molecular formula is C14H23N3O. The van der Waals surface area contributed by atoms with Gasteiger partial charge in [0.2, 0.25) is 0 Å². The first-order valence-electron chi connectivity index (χ1n) is 6.90. The van der Waals surface area contributed by atoms with Gasteiger partial charge in [-0.3, -0.25) is 0 Å². The normalized spacial score (nSPS) is 19.9. The predicted octanol–water partition coefficient (Wildman–Crippen LogP) is 2.52. The van der Waals surface area contributed by atoms with Gasteiger partial charge in [-0.05, 0) is 18.9 Å². The molecular weight excluding hydrogens is 226 g/mol. The van der Waals surface area contributed by atoms with E-state index >= 15 is 0 Å². The fourth-order valence-electron chi connectivity index (χ4n) is 2.17. The van der Waals surface area contributed by atoms with Crippen molar-refractivity contribution in [2.45, 2.75) is 32.8 Å². The molecule has 1 N–H and O–H groups in total. The monoisotopic (exact) mass is 249 g/mol. The van der Waals surface area contributed by atoms with E-state index in [4.69, 9.17) is 4.74 Å². The molecule has 0 radical (unpaired) electrons. The summed E-state index contributed by atoms with van der Waals surface area (Å²) in [5.74, 6) is 0.967. The lowest BCUT2D eigenvalue weighted by Crippen LogP contribution is -2.42. The molecule has 1 aliphatic heterocycles. The molecule has 0 spiro atoms. The average Bonchev–Trinajstić information content (AvgIpc) is 2.45. The first-order chi connectivity index (χ1) is 8.83. The van der Waals surface area contributed by atoms with Gasteiger partial charge < -0.3 is 15.0 Å². The van der Waals surface area contributed by atoms with Crippen molar-refractivity contribution in [1.82, 2.24) is 4.98 Å². The lowest BCUT2D eigenvalue weighted by molar-refractivity contribution is 0.0384. The van der Waals surface area contributed by atoms with Crippen LogP contribution in [0.1, 0.15) is 26.7 Å². The Kier molecular flexibility index (Phi) is 4.81. The largest absolute Gasteiger partial charge is 0.375 e. The van der Waals surface area contributed by atoms with Crippen LogP contribution in [0, 0.1) is 0 Å². The molecule has 1 saturated heterocycles. The summed E-state index contributed by atoms with van der Waals surface area (Å²) >= 11 is 0. The maximum absolute atomic E-state index is 5.70. The number of rotatable bonds is 5. The van der Waals surface area contributed by atoms with Crippen LogP contribution in [0.3, 0.4) is 0 Å². The number of ether oxygens (including phenoxy) is 1. The molecule has 0 saturated carbocycles. The summed E-state index contributed by atoms with van der Waals surface area (Å²) in [5, 5.41) is 3.33. The molecule has 1 fully saturated rings. The van der Waals surface area contributed by atoms with E-state index in [1.807, 2.05) is 6.20 Å². The molecule has 4 nitrogen and oxygen atoms in total. The molecule has 1 unspecified atom stereocenters. The molecule has 18 heavy (non-hydrogen) atoms. The van der Waals surface area contributed by atoms with E-state index in [-0.39, 0.29) is 0 Å². The van der Waals surface area contributed by atoms with Crippen LogP contribution in [0.5, 0.6) is 0 Å². The molecule has 2 heterocycles. The van der Waals surface area contributed by atoms with Gasteiger partial charge in [0, 0.05) is 37.6 Å². The quantitative estimate of drug-likeness (QED) is 0.870. The van der Waals surface area contributed by atoms with E-state index in [1.54, 1.807) is 0 Å². The van der Waals surface area contributed by atoms with Crippen LogP contribution in [0.4, 0.5) is 11.5 Å². The number of nitrogens with one attached hydrogen (secondary N) is 1. The number of nitrogens with zero attached hydrogens (tertiary/aromatic N) is 2. The lowest BCUT2D eigenvalue weighted by Gasteiger charge is -2.34. The number of aromatic nitrogens is 1. The Bertz CT molecular complexity index is 370. The second-order valence-electron chi connectivity index (χ2n) is 4.67. The fourth-order valence-corrected chi connectivity index (χ4v) is 2.17. The molecule has 2 rings (SSSR count). The van der Waals surface area contributed by atoms with Crippen LogP contribution in [0.2, 0.25) is 0 Å². The van der Waals surface area contributed by atoms with Gasteiger partial charge in [0.25, 0.3) is 0 Å². The predicted molar refractivity (Wildman–Crippen MR) is 75.3 cm³/mol. The van der Waals surface area contributed by atoms with E-state index in [1.165, 1.54) is 5.69 Å². The minimum Gasteiger partial charge on any atom is -0.375 e. The molecule has 0 bridgehead atoms. The lowest BCUT2D eigenvalue weighted by atomic mass is 10.2. The smallest absolute Gasteiger partial charge is 0.127 e. The van der Waals surface area contributed by atoms with Crippen molar-refractivity contribution < 1.29 is 4.74 Å². The fraction of sp³-hybridized carbons (Fsp3) is 0.643. The summed E-state index contributed by atoms with van der Waals surface area (Å²) in [7, 11) is 0. The van der Waals surface area contributed by atoms with Gasteiger partial charge in [-0.2, -0.15) is 0 Å². The standard InChI is InChI=1S/C14H23N3O/c1-3-6-15-14-10-12(5-7-16-14)17-8-9-18-13(4-2)11-17/h5,7,10,13H,3-4,6,8-9,11H2,1-2H3,(H,15,16). The summed E-state index contributed by atoms with van der Waals surface area (Å²) < 4.78 is 5.70. The maximum Gasteiger partial charge on any atom is 0.127 e. The van der Waals surface area contributed by atoms with E-state index in [9.17, 15) is 0 Å². The van der Waals surface area contributed by atoms with Crippen molar-refractivity contribution in [2.24, 2.45) is 0 Å². The van der Waals surface area contributed by atoms with Crippen LogP contribution < -0.4 is 10.2 Å². The van der Waals surface area contributed by atoms with E-state index in [0.717, 1.165) is 44.9 Å². The molecule has 1 aliphatic rings. The number of pyridine rings is 1. The van der Waals surface area contributed by atoms with E-state index in [0.29, 0.717) is 6.10 Å². The van der Waals surface area contributed by atoms with Gasteiger partial charge in [0.1, 0.15) is 5.82 Å². The van der Waals surface area contributed by atoms with Gasteiger partial charge in [0.05, 0.1) is 12.7 Å². The zero-order valence-corrected chi connectivity index (χ0v) is 11.4. The highest BCUT2D eigenvalue weighted by atomic mass is 16.5. The Hall–Kier alpha value is -1.29. The summed E-state index contributed by atoms with van der Waals surface area (Å²) in [6, 6.07) is 4.21. The topological polar surface area (TPSA) is 37.4 Å². The van der Waals surface area contributed by atoms with E-state index < -0.39 is 0 Å². The number of anilines is 2. The number of hydrogen-bond donors (Lipinski definition) is 1. The molecule has 1 aromatic heterocycles. The summed E-state index contributed by atoms with van der Waals surface area (Å²) in [5.41, 5.74) is 1.24. The minimum absolute atomic E-state index is 0.360. The summed E-state index contributed by atoms with van der Waals surface area (Å²) in [6.07, 6.45) is 4.42. The van der Waals surface area contributed by atoms with Gasteiger partial charge in [0.15, 0.2) is 0 Å². The highest BCUT2D eigenvalue weighted by Crippen LogP contribution is 2.20. The molecule has 4 heteroatoms.